The number of unbranched alkanes of at least 4 members (excludes halogenated alkanes) is 2. The Morgan fingerprint density at radius 1 is 1.06 bits per heavy atom. The van der Waals surface area contributed by atoms with Crippen molar-refractivity contribution in [3.8, 4) is 6.07 Å². The van der Waals surface area contributed by atoms with Crippen LogP contribution in [0.3, 0.4) is 0 Å². The van der Waals surface area contributed by atoms with Gasteiger partial charge in [0.15, 0.2) is 0 Å². The number of hydrogen-bond acceptors (Lipinski definition) is 1. The molecule has 1 heteroatoms. The topological polar surface area (TPSA) is 23.8 Å². The van der Waals surface area contributed by atoms with Crippen molar-refractivity contribution in [2.75, 3.05) is 0 Å². The summed E-state index contributed by atoms with van der Waals surface area (Å²) in [5.74, 6) is 0. The minimum atomic E-state index is 0.877. The summed E-state index contributed by atoms with van der Waals surface area (Å²) in [4.78, 5) is 0. The Kier molecular flexibility index (Phi) is 5.64. The Morgan fingerprint density at radius 3 is 2.38 bits per heavy atom. The predicted molar refractivity (Wildman–Crippen MR) is 68.4 cm³/mol. The standard InChI is InChI=1S/C15H21N/c1-3-5-8-13-9-7-10-14(12-16)15(13)11-6-4-2/h7,9-10H,3-6,8,11H2,1-2H3. The maximum Gasteiger partial charge on any atom is 0.0994 e. The van der Waals surface area contributed by atoms with Gasteiger partial charge in [0, 0.05) is 0 Å². The highest BCUT2D eigenvalue weighted by atomic mass is 14.2. The molecule has 0 heterocycles. The molecule has 1 aromatic rings. The summed E-state index contributed by atoms with van der Waals surface area (Å²) in [5, 5.41) is 9.12. The van der Waals surface area contributed by atoms with Crippen LogP contribution in [-0.2, 0) is 12.8 Å². The number of aryl methyl sites for hydroxylation is 1. The van der Waals surface area contributed by atoms with Crippen LogP contribution < -0.4 is 0 Å². The highest BCUT2D eigenvalue weighted by Crippen LogP contribution is 2.19. The van der Waals surface area contributed by atoms with E-state index in [9.17, 15) is 0 Å². The second-order valence-corrected chi connectivity index (χ2v) is 4.26. The van der Waals surface area contributed by atoms with Crippen molar-refractivity contribution >= 4 is 0 Å². The van der Waals surface area contributed by atoms with E-state index in [1.165, 1.54) is 36.8 Å². The van der Waals surface area contributed by atoms with Gasteiger partial charge in [-0.15, -0.1) is 0 Å². The fraction of sp³-hybridized carbons (Fsp3) is 0.533. The van der Waals surface area contributed by atoms with E-state index in [0.29, 0.717) is 0 Å². The Bertz CT molecular complexity index is 360. The van der Waals surface area contributed by atoms with Crippen LogP contribution in [0.5, 0.6) is 0 Å². The third-order valence-electron chi connectivity index (χ3n) is 2.97. The van der Waals surface area contributed by atoms with Crippen LogP contribution in [0.4, 0.5) is 0 Å². The van der Waals surface area contributed by atoms with E-state index in [1.54, 1.807) is 0 Å². The van der Waals surface area contributed by atoms with Crippen molar-refractivity contribution in [2.24, 2.45) is 0 Å². The SMILES string of the molecule is CCCCc1cccc(C#N)c1CCCC. The third-order valence-corrected chi connectivity index (χ3v) is 2.97. The average molecular weight is 215 g/mol. The van der Waals surface area contributed by atoms with Crippen molar-refractivity contribution in [1.82, 2.24) is 0 Å². The van der Waals surface area contributed by atoms with Gasteiger partial charge in [0.2, 0.25) is 0 Å². The molecule has 0 radical (unpaired) electrons. The average Bonchev–Trinajstić information content (AvgIpc) is 2.33. The molecule has 0 fully saturated rings. The molecule has 0 saturated heterocycles. The quantitative estimate of drug-likeness (QED) is 0.696. The smallest absolute Gasteiger partial charge is 0.0994 e. The van der Waals surface area contributed by atoms with Crippen molar-refractivity contribution in [3.05, 3.63) is 34.9 Å². The zero-order valence-corrected chi connectivity index (χ0v) is 10.4. The zero-order chi connectivity index (χ0) is 11.8. The van der Waals surface area contributed by atoms with Gasteiger partial charge in [0.25, 0.3) is 0 Å². The monoisotopic (exact) mass is 215 g/mol. The number of rotatable bonds is 6. The lowest BCUT2D eigenvalue weighted by Crippen LogP contribution is -1.98. The number of nitriles is 1. The summed E-state index contributed by atoms with van der Waals surface area (Å²) in [5.41, 5.74) is 3.55. The van der Waals surface area contributed by atoms with Crippen LogP contribution in [0.15, 0.2) is 18.2 Å². The minimum absolute atomic E-state index is 0.877. The summed E-state index contributed by atoms with van der Waals surface area (Å²) >= 11 is 0. The number of benzene rings is 1. The molecule has 0 spiro atoms. The first kappa shape index (κ1) is 12.8. The van der Waals surface area contributed by atoms with Gasteiger partial charge in [-0.3, -0.25) is 0 Å². The Hall–Kier alpha value is -1.29. The molecule has 1 aromatic carbocycles. The number of hydrogen-bond donors (Lipinski definition) is 0. The van der Waals surface area contributed by atoms with Crippen LogP contribution in [0.25, 0.3) is 0 Å². The van der Waals surface area contributed by atoms with Gasteiger partial charge in [0.05, 0.1) is 11.6 Å². The van der Waals surface area contributed by atoms with Gasteiger partial charge < -0.3 is 0 Å². The molecule has 86 valence electrons. The molecule has 0 aromatic heterocycles. The summed E-state index contributed by atoms with van der Waals surface area (Å²) in [6.07, 6.45) is 6.97. The minimum Gasteiger partial charge on any atom is -0.192 e. The third kappa shape index (κ3) is 3.38. The van der Waals surface area contributed by atoms with Crippen LogP contribution in [0.2, 0.25) is 0 Å². The number of nitrogens with zero attached hydrogens (tertiary/aromatic N) is 1. The highest BCUT2D eigenvalue weighted by molar-refractivity contribution is 5.43. The molecule has 1 rings (SSSR count). The lowest BCUT2D eigenvalue weighted by molar-refractivity contribution is 0.757. The van der Waals surface area contributed by atoms with Crippen LogP contribution in [0.1, 0.15) is 56.2 Å². The Labute approximate surface area is 99.1 Å². The molecule has 0 atom stereocenters. The summed E-state index contributed by atoms with van der Waals surface area (Å²) in [6, 6.07) is 8.46. The predicted octanol–water partition coefficient (Wildman–Crippen LogP) is 4.24. The molecular weight excluding hydrogens is 194 g/mol. The second kappa shape index (κ2) is 7.06. The molecule has 0 amide bonds. The van der Waals surface area contributed by atoms with Crippen molar-refractivity contribution in [1.29, 1.82) is 5.26 Å². The van der Waals surface area contributed by atoms with Crippen molar-refractivity contribution in [3.63, 3.8) is 0 Å². The van der Waals surface area contributed by atoms with E-state index < -0.39 is 0 Å². The molecule has 0 N–H and O–H groups in total. The first-order chi connectivity index (χ1) is 7.83. The van der Waals surface area contributed by atoms with Gasteiger partial charge in [-0.25, -0.2) is 0 Å². The van der Waals surface area contributed by atoms with E-state index in [0.717, 1.165) is 18.4 Å². The molecule has 1 nitrogen and oxygen atoms in total. The Balaban J connectivity index is 2.91. The molecule has 0 unspecified atom stereocenters. The molecule has 0 aliphatic heterocycles. The molecular formula is C15H21N. The van der Waals surface area contributed by atoms with Crippen LogP contribution in [0, 0.1) is 11.3 Å². The fourth-order valence-electron chi connectivity index (χ4n) is 1.99. The normalized spacial score (nSPS) is 10.1. The molecule has 0 saturated carbocycles. The molecule has 0 aliphatic rings. The van der Waals surface area contributed by atoms with Gasteiger partial charge in [-0.1, -0.05) is 38.8 Å². The van der Waals surface area contributed by atoms with Crippen molar-refractivity contribution in [2.45, 2.75) is 52.4 Å². The molecule has 16 heavy (non-hydrogen) atoms. The van der Waals surface area contributed by atoms with Gasteiger partial charge in [0.1, 0.15) is 0 Å². The molecule has 0 aliphatic carbocycles. The van der Waals surface area contributed by atoms with Crippen LogP contribution in [-0.4, -0.2) is 0 Å². The largest absolute Gasteiger partial charge is 0.192 e. The first-order valence-electron chi connectivity index (χ1n) is 6.34. The van der Waals surface area contributed by atoms with E-state index in [2.05, 4.69) is 26.0 Å². The highest BCUT2D eigenvalue weighted by Gasteiger charge is 2.07. The van der Waals surface area contributed by atoms with E-state index in [-0.39, 0.29) is 0 Å². The fourth-order valence-corrected chi connectivity index (χ4v) is 1.99. The molecule has 0 bridgehead atoms. The van der Waals surface area contributed by atoms with E-state index >= 15 is 0 Å². The Morgan fingerprint density at radius 2 is 1.75 bits per heavy atom. The first-order valence-corrected chi connectivity index (χ1v) is 6.34. The summed E-state index contributed by atoms with van der Waals surface area (Å²) < 4.78 is 0. The summed E-state index contributed by atoms with van der Waals surface area (Å²) in [6.45, 7) is 4.40. The second-order valence-electron chi connectivity index (χ2n) is 4.26. The van der Waals surface area contributed by atoms with Gasteiger partial charge >= 0.3 is 0 Å². The zero-order valence-electron chi connectivity index (χ0n) is 10.4. The maximum absolute atomic E-state index is 9.12. The van der Waals surface area contributed by atoms with Gasteiger partial charge in [-0.2, -0.15) is 5.26 Å². The maximum atomic E-state index is 9.12. The summed E-state index contributed by atoms with van der Waals surface area (Å²) in [7, 11) is 0. The lowest BCUT2D eigenvalue weighted by Gasteiger charge is -2.10. The van der Waals surface area contributed by atoms with Gasteiger partial charge in [-0.05, 0) is 42.9 Å². The van der Waals surface area contributed by atoms with E-state index in [1.807, 2.05) is 12.1 Å². The lowest BCUT2D eigenvalue weighted by atomic mass is 9.94. The van der Waals surface area contributed by atoms with Crippen LogP contribution >= 0.6 is 0 Å². The van der Waals surface area contributed by atoms with Crippen molar-refractivity contribution < 1.29 is 0 Å². The van der Waals surface area contributed by atoms with E-state index in [4.69, 9.17) is 5.26 Å².